The fourth-order valence-corrected chi connectivity index (χ4v) is 4.15. The molecule has 2 fully saturated rings. The number of carbonyl (C=O) groups is 1. The molecule has 1 amide bonds. The lowest BCUT2D eigenvalue weighted by atomic mass is 10.0. The van der Waals surface area contributed by atoms with Crippen LogP contribution < -0.4 is 0 Å². The zero-order valence-corrected chi connectivity index (χ0v) is 15.8. The SMILES string of the molecule is O=C(CCC1CCCC1)N1CCN(Cc2nnc(-c3ccccc3)o2)CC1. The molecule has 0 atom stereocenters. The fourth-order valence-electron chi connectivity index (χ4n) is 4.15. The normalized spacial score (nSPS) is 18.9. The minimum Gasteiger partial charge on any atom is -0.419 e. The zero-order valence-electron chi connectivity index (χ0n) is 15.8. The molecular weight excluding hydrogens is 340 g/mol. The molecule has 1 aliphatic carbocycles. The van der Waals surface area contributed by atoms with Crippen molar-refractivity contribution in [3.8, 4) is 11.5 Å². The minimum absolute atomic E-state index is 0.325. The van der Waals surface area contributed by atoms with Crippen molar-refractivity contribution in [1.29, 1.82) is 0 Å². The summed E-state index contributed by atoms with van der Waals surface area (Å²) < 4.78 is 5.80. The van der Waals surface area contributed by atoms with E-state index < -0.39 is 0 Å². The lowest BCUT2D eigenvalue weighted by Crippen LogP contribution is -2.48. The fraction of sp³-hybridized carbons (Fsp3) is 0.571. The Hall–Kier alpha value is -2.21. The summed E-state index contributed by atoms with van der Waals surface area (Å²) >= 11 is 0. The summed E-state index contributed by atoms with van der Waals surface area (Å²) in [7, 11) is 0. The summed E-state index contributed by atoms with van der Waals surface area (Å²) in [6.45, 7) is 3.95. The third kappa shape index (κ3) is 4.75. The van der Waals surface area contributed by atoms with E-state index in [0.29, 0.717) is 24.2 Å². The number of piperazine rings is 1. The Kier molecular flexibility index (Phi) is 5.82. The molecule has 1 aromatic carbocycles. The Morgan fingerprint density at radius 1 is 1.04 bits per heavy atom. The highest BCUT2D eigenvalue weighted by Crippen LogP contribution is 2.28. The molecule has 4 rings (SSSR count). The number of carbonyl (C=O) groups excluding carboxylic acids is 1. The van der Waals surface area contributed by atoms with E-state index in [0.717, 1.165) is 50.5 Å². The zero-order chi connectivity index (χ0) is 18.5. The van der Waals surface area contributed by atoms with Crippen molar-refractivity contribution in [1.82, 2.24) is 20.0 Å². The van der Waals surface area contributed by atoms with E-state index in [-0.39, 0.29) is 0 Å². The largest absolute Gasteiger partial charge is 0.419 e. The summed E-state index contributed by atoms with van der Waals surface area (Å²) in [6.07, 6.45) is 7.11. The lowest BCUT2D eigenvalue weighted by molar-refractivity contribution is -0.133. The average Bonchev–Trinajstić information content (AvgIpc) is 3.39. The number of hydrogen-bond donors (Lipinski definition) is 0. The summed E-state index contributed by atoms with van der Waals surface area (Å²) in [4.78, 5) is 16.7. The van der Waals surface area contributed by atoms with E-state index >= 15 is 0 Å². The Balaban J connectivity index is 1.22. The summed E-state index contributed by atoms with van der Waals surface area (Å²) in [5, 5.41) is 8.32. The van der Waals surface area contributed by atoms with Gasteiger partial charge in [0.05, 0.1) is 6.54 Å². The molecule has 0 radical (unpaired) electrons. The second-order valence-corrected chi connectivity index (χ2v) is 7.71. The molecule has 1 saturated carbocycles. The molecule has 0 N–H and O–H groups in total. The van der Waals surface area contributed by atoms with Crippen molar-refractivity contribution in [2.45, 2.75) is 45.1 Å². The molecule has 6 heteroatoms. The first-order valence-electron chi connectivity index (χ1n) is 10.2. The molecule has 2 aromatic rings. The van der Waals surface area contributed by atoms with Crippen LogP contribution in [0.2, 0.25) is 0 Å². The lowest BCUT2D eigenvalue weighted by Gasteiger charge is -2.34. The van der Waals surface area contributed by atoms with Crippen molar-refractivity contribution < 1.29 is 9.21 Å². The smallest absolute Gasteiger partial charge is 0.247 e. The first kappa shape index (κ1) is 18.2. The Morgan fingerprint density at radius 2 is 1.78 bits per heavy atom. The maximum absolute atomic E-state index is 12.4. The van der Waals surface area contributed by atoms with Crippen molar-refractivity contribution in [2.75, 3.05) is 26.2 Å². The van der Waals surface area contributed by atoms with Gasteiger partial charge in [-0.05, 0) is 24.5 Å². The van der Waals surface area contributed by atoms with Crippen LogP contribution in [0.1, 0.15) is 44.4 Å². The highest BCUT2D eigenvalue weighted by atomic mass is 16.4. The van der Waals surface area contributed by atoms with Gasteiger partial charge in [-0.15, -0.1) is 10.2 Å². The second kappa shape index (κ2) is 8.65. The van der Waals surface area contributed by atoms with Gasteiger partial charge in [0, 0.05) is 38.2 Å². The maximum Gasteiger partial charge on any atom is 0.247 e. The third-order valence-electron chi connectivity index (χ3n) is 5.81. The van der Waals surface area contributed by atoms with E-state index in [9.17, 15) is 4.79 Å². The highest BCUT2D eigenvalue weighted by Gasteiger charge is 2.24. The van der Waals surface area contributed by atoms with Crippen LogP contribution in [0.15, 0.2) is 34.7 Å². The van der Waals surface area contributed by atoms with Gasteiger partial charge in [-0.3, -0.25) is 9.69 Å². The third-order valence-corrected chi connectivity index (χ3v) is 5.81. The van der Waals surface area contributed by atoms with E-state index in [1.165, 1.54) is 25.7 Å². The molecule has 2 aliphatic rings. The van der Waals surface area contributed by atoms with Crippen LogP contribution in [-0.4, -0.2) is 52.1 Å². The topological polar surface area (TPSA) is 62.5 Å². The van der Waals surface area contributed by atoms with Crippen molar-refractivity contribution in [3.05, 3.63) is 36.2 Å². The molecule has 1 saturated heterocycles. The van der Waals surface area contributed by atoms with Crippen molar-refractivity contribution >= 4 is 5.91 Å². The molecule has 0 spiro atoms. The van der Waals surface area contributed by atoms with Crippen molar-refractivity contribution in [2.24, 2.45) is 5.92 Å². The average molecular weight is 368 g/mol. The molecule has 1 aromatic heterocycles. The molecule has 0 bridgehead atoms. The van der Waals surface area contributed by atoms with Gasteiger partial charge in [0.2, 0.25) is 17.7 Å². The van der Waals surface area contributed by atoms with Gasteiger partial charge in [0.1, 0.15) is 0 Å². The quantitative estimate of drug-likeness (QED) is 0.782. The van der Waals surface area contributed by atoms with Crippen LogP contribution in [0, 0.1) is 5.92 Å². The van der Waals surface area contributed by atoms with E-state index in [1.54, 1.807) is 0 Å². The van der Waals surface area contributed by atoms with Gasteiger partial charge in [-0.2, -0.15) is 0 Å². The van der Waals surface area contributed by atoms with E-state index in [2.05, 4.69) is 15.1 Å². The number of benzene rings is 1. The molecule has 27 heavy (non-hydrogen) atoms. The predicted octanol–water partition coefficient (Wildman–Crippen LogP) is 3.35. The Morgan fingerprint density at radius 3 is 2.52 bits per heavy atom. The standard InChI is InChI=1S/C21H28N4O2/c26-20(11-10-17-6-4-5-7-17)25-14-12-24(13-15-25)16-19-22-23-21(27-19)18-8-2-1-3-9-18/h1-3,8-9,17H,4-7,10-16H2. The predicted molar refractivity (Wildman–Crippen MR) is 103 cm³/mol. The number of aromatic nitrogens is 2. The molecule has 6 nitrogen and oxygen atoms in total. The molecule has 1 aliphatic heterocycles. The molecule has 0 unspecified atom stereocenters. The maximum atomic E-state index is 12.4. The van der Waals surface area contributed by atoms with Gasteiger partial charge in [-0.25, -0.2) is 0 Å². The van der Waals surface area contributed by atoms with E-state index in [1.807, 2.05) is 35.2 Å². The van der Waals surface area contributed by atoms with Crippen LogP contribution in [0.25, 0.3) is 11.5 Å². The van der Waals surface area contributed by atoms with Crippen LogP contribution in [0.3, 0.4) is 0 Å². The van der Waals surface area contributed by atoms with Gasteiger partial charge in [0.25, 0.3) is 0 Å². The number of hydrogen-bond acceptors (Lipinski definition) is 5. The first-order valence-corrected chi connectivity index (χ1v) is 10.2. The van der Waals surface area contributed by atoms with Gasteiger partial charge in [0.15, 0.2) is 0 Å². The number of rotatable bonds is 6. The Labute approximate surface area is 160 Å². The van der Waals surface area contributed by atoms with Crippen molar-refractivity contribution in [3.63, 3.8) is 0 Å². The van der Waals surface area contributed by atoms with Crippen LogP contribution in [0.4, 0.5) is 0 Å². The van der Waals surface area contributed by atoms with E-state index in [4.69, 9.17) is 4.42 Å². The first-order chi connectivity index (χ1) is 13.3. The minimum atomic E-state index is 0.325. The van der Waals surface area contributed by atoms with Gasteiger partial charge in [-0.1, -0.05) is 43.9 Å². The second-order valence-electron chi connectivity index (χ2n) is 7.71. The van der Waals surface area contributed by atoms with Crippen LogP contribution in [0.5, 0.6) is 0 Å². The molecule has 2 heterocycles. The van der Waals surface area contributed by atoms with Gasteiger partial charge < -0.3 is 9.32 Å². The van der Waals surface area contributed by atoms with Crippen LogP contribution >= 0.6 is 0 Å². The van der Waals surface area contributed by atoms with Crippen LogP contribution in [-0.2, 0) is 11.3 Å². The monoisotopic (exact) mass is 368 g/mol. The highest BCUT2D eigenvalue weighted by molar-refractivity contribution is 5.76. The molecule has 144 valence electrons. The molecular formula is C21H28N4O2. The Bertz CT molecular complexity index is 732. The summed E-state index contributed by atoms with van der Waals surface area (Å²) in [6, 6.07) is 9.82. The van der Waals surface area contributed by atoms with Gasteiger partial charge >= 0.3 is 0 Å². The number of nitrogens with zero attached hydrogens (tertiary/aromatic N) is 4. The summed E-state index contributed by atoms with van der Waals surface area (Å²) in [5.41, 5.74) is 0.939. The number of amides is 1. The summed E-state index contributed by atoms with van der Waals surface area (Å²) in [5.74, 6) is 2.30.